The van der Waals surface area contributed by atoms with Gasteiger partial charge in [0.05, 0.1) is 6.54 Å². The lowest BCUT2D eigenvalue weighted by Crippen LogP contribution is -2.41. The number of amides is 1. The van der Waals surface area contributed by atoms with Gasteiger partial charge in [-0.05, 0) is 43.9 Å². The van der Waals surface area contributed by atoms with Gasteiger partial charge in [0, 0.05) is 38.9 Å². The molecule has 1 heterocycles. The topological polar surface area (TPSA) is 35.6 Å². The van der Waals surface area contributed by atoms with Crippen LogP contribution in [0.1, 0.15) is 37.8 Å². The summed E-state index contributed by atoms with van der Waals surface area (Å²) in [7, 11) is 4.07. The summed E-state index contributed by atoms with van der Waals surface area (Å²) in [4.78, 5) is 16.2. The van der Waals surface area contributed by atoms with Crippen LogP contribution in [0, 0.1) is 0 Å². The molecular formula is C17H27N3O. The van der Waals surface area contributed by atoms with Crippen molar-refractivity contribution in [3.05, 3.63) is 29.8 Å². The molecule has 21 heavy (non-hydrogen) atoms. The van der Waals surface area contributed by atoms with Crippen LogP contribution in [0.25, 0.3) is 0 Å². The lowest BCUT2D eigenvalue weighted by Gasteiger charge is -2.27. The fourth-order valence-corrected chi connectivity index (χ4v) is 2.67. The van der Waals surface area contributed by atoms with Gasteiger partial charge in [0.2, 0.25) is 5.91 Å². The number of hydrogen-bond donors (Lipinski definition) is 1. The minimum atomic E-state index is 0.190. The third-order valence-corrected chi connectivity index (χ3v) is 4.18. The maximum absolute atomic E-state index is 12.1. The zero-order valence-electron chi connectivity index (χ0n) is 13.4. The molecule has 0 aliphatic carbocycles. The number of rotatable bonds is 5. The van der Waals surface area contributed by atoms with Gasteiger partial charge in [0.25, 0.3) is 0 Å². The van der Waals surface area contributed by atoms with Gasteiger partial charge in [-0.15, -0.1) is 0 Å². The molecule has 1 aromatic rings. The molecule has 1 aliphatic rings. The summed E-state index contributed by atoms with van der Waals surface area (Å²) in [5, 5.41) is 3.34. The molecular weight excluding hydrogens is 262 g/mol. The Morgan fingerprint density at radius 1 is 1.19 bits per heavy atom. The van der Waals surface area contributed by atoms with Gasteiger partial charge in [-0.25, -0.2) is 0 Å². The summed E-state index contributed by atoms with van der Waals surface area (Å²) < 4.78 is 0. The second-order valence-electron chi connectivity index (χ2n) is 6.03. The van der Waals surface area contributed by atoms with E-state index in [1.54, 1.807) is 0 Å². The lowest BCUT2D eigenvalue weighted by molar-refractivity contribution is -0.131. The Hall–Kier alpha value is -1.55. The highest BCUT2D eigenvalue weighted by molar-refractivity contribution is 5.78. The molecule has 0 radical (unpaired) electrons. The maximum Gasteiger partial charge on any atom is 0.236 e. The summed E-state index contributed by atoms with van der Waals surface area (Å²) >= 11 is 0. The van der Waals surface area contributed by atoms with E-state index in [9.17, 15) is 4.79 Å². The van der Waals surface area contributed by atoms with Crippen LogP contribution >= 0.6 is 0 Å². The third-order valence-electron chi connectivity index (χ3n) is 4.18. The first-order valence-corrected chi connectivity index (χ1v) is 7.86. The summed E-state index contributed by atoms with van der Waals surface area (Å²) in [5.74, 6) is 0.228. The molecule has 1 N–H and O–H groups in total. The Bertz CT molecular complexity index is 450. The number of anilines is 1. The standard InChI is InChI=1S/C17H27N3O/c1-14(15-7-9-16(10-8-15)19(2)3)18-13-17(21)20-11-5-4-6-12-20/h7-10,14,18H,4-6,11-13H2,1-3H3. The van der Waals surface area contributed by atoms with Crippen LogP contribution in [0.3, 0.4) is 0 Å². The molecule has 1 fully saturated rings. The molecule has 2 rings (SSSR count). The minimum absolute atomic E-state index is 0.190. The number of carbonyl (C=O) groups is 1. The molecule has 1 atom stereocenters. The Balaban J connectivity index is 1.83. The van der Waals surface area contributed by atoms with E-state index in [2.05, 4.69) is 41.4 Å². The van der Waals surface area contributed by atoms with Crippen molar-refractivity contribution in [2.75, 3.05) is 38.6 Å². The van der Waals surface area contributed by atoms with Crippen LogP contribution in [0.2, 0.25) is 0 Å². The largest absolute Gasteiger partial charge is 0.378 e. The SMILES string of the molecule is CC(NCC(=O)N1CCCCC1)c1ccc(N(C)C)cc1. The van der Waals surface area contributed by atoms with Gasteiger partial charge in [0.15, 0.2) is 0 Å². The van der Waals surface area contributed by atoms with Crippen molar-refractivity contribution in [3.63, 3.8) is 0 Å². The maximum atomic E-state index is 12.1. The molecule has 0 aromatic heterocycles. The number of piperidine rings is 1. The smallest absolute Gasteiger partial charge is 0.236 e. The van der Waals surface area contributed by atoms with Gasteiger partial charge in [-0.1, -0.05) is 12.1 Å². The second kappa shape index (κ2) is 7.46. The molecule has 1 aromatic carbocycles. The fraction of sp³-hybridized carbons (Fsp3) is 0.588. The Labute approximate surface area is 128 Å². The number of likely N-dealkylation sites (tertiary alicyclic amines) is 1. The Morgan fingerprint density at radius 2 is 1.81 bits per heavy atom. The first-order chi connectivity index (χ1) is 10.1. The molecule has 0 bridgehead atoms. The minimum Gasteiger partial charge on any atom is -0.378 e. The zero-order chi connectivity index (χ0) is 15.2. The van der Waals surface area contributed by atoms with Crippen molar-refractivity contribution in [1.82, 2.24) is 10.2 Å². The molecule has 4 heteroatoms. The van der Waals surface area contributed by atoms with Crippen molar-refractivity contribution >= 4 is 11.6 Å². The second-order valence-corrected chi connectivity index (χ2v) is 6.03. The van der Waals surface area contributed by atoms with E-state index in [1.165, 1.54) is 17.7 Å². The predicted octanol–water partition coefficient (Wildman–Crippen LogP) is 2.42. The van der Waals surface area contributed by atoms with Gasteiger partial charge in [-0.3, -0.25) is 4.79 Å². The Morgan fingerprint density at radius 3 is 2.38 bits per heavy atom. The molecule has 116 valence electrons. The number of nitrogens with one attached hydrogen (secondary N) is 1. The number of nitrogens with zero attached hydrogens (tertiary/aromatic N) is 2. The highest BCUT2D eigenvalue weighted by Crippen LogP contribution is 2.17. The first-order valence-electron chi connectivity index (χ1n) is 7.86. The number of hydrogen-bond acceptors (Lipinski definition) is 3. The lowest BCUT2D eigenvalue weighted by atomic mass is 10.1. The van der Waals surface area contributed by atoms with Crippen molar-refractivity contribution in [2.24, 2.45) is 0 Å². The van der Waals surface area contributed by atoms with Crippen molar-refractivity contribution in [3.8, 4) is 0 Å². The van der Waals surface area contributed by atoms with E-state index >= 15 is 0 Å². The zero-order valence-corrected chi connectivity index (χ0v) is 13.4. The van der Waals surface area contributed by atoms with Gasteiger partial charge >= 0.3 is 0 Å². The average Bonchev–Trinajstić information content (AvgIpc) is 2.53. The van der Waals surface area contributed by atoms with Crippen LogP contribution < -0.4 is 10.2 Å². The predicted molar refractivity (Wildman–Crippen MR) is 87.6 cm³/mol. The highest BCUT2D eigenvalue weighted by atomic mass is 16.2. The van der Waals surface area contributed by atoms with Crippen molar-refractivity contribution in [2.45, 2.75) is 32.2 Å². The molecule has 1 amide bonds. The van der Waals surface area contributed by atoms with E-state index in [0.29, 0.717) is 6.54 Å². The van der Waals surface area contributed by atoms with Crippen molar-refractivity contribution < 1.29 is 4.79 Å². The molecule has 4 nitrogen and oxygen atoms in total. The number of carbonyl (C=O) groups excluding carboxylic acids is 1. The van der Waals surface area contributed by atoms with Gasteiger partial charge in [0.1, 0.15) is 0 Å². The van der Waals surface area contributed by atoms with Gasteiger partial charge in [-0.2, -0.15) is 0 Å². The van der Waals surface area contributed by atoms with Crippen LogP contribution in [-0.4, -0.2) is 44.5 Å². The van der Waals surface area contributed by atoms with E-state index in [0.717, 1.165) is 25.9 Å². The normalized spacial score (nSPS) is 16.6. The highest BCUT2D eigenvalue weighted by Gasteiger charge is 2.17. The van der Waals surface area contributed by atoms with Crippen LogP contribution in [0.4, 0.5) is 5.69 Å². The van der Waals surface area contributed by atoms with E-state index < -0.39 is 0 Å². The summed E-state index contributed by atoms with van der Waals surface area (Å²) in [6.45, 7) is 4.38. The van der Waals surface area contributed by atoms with Crippen molar-refractivity contribution in [1.29, 1.82) is 0 Å². The van der Waals surface area contributed by atoms with Crippen LogP contribution in [0.5, 0.6) is 0 Å². The monoisotopic (exact) mass is 289 g/mol. The van der Waals surface area contributed by atoms with E-state index in [-0.39, 0.29) is 11.9 Å². The third kappa shape index (κ3) is 4.46. The quantitative estimate of drug-likeness (QED) is 0.904. The van der Waals surface area contributed by atoms with Crippen LogP contribution in [0.15, 0.2) is 24.3 Å². The van der Waals surface area contributed by atoms with E-state index in [4.69, 9.17) is 0 Å². The summed E-state index contributed by atoms with van der Waals surface area (Å²) in [6.07, 6.45) is 3.55. The van der Waals surface area contributed by atoms with E-state index in [1.807, 2.05) is 19.0 Å². The van der Waals surface area contributed by atoms with Gasteiger partial charge < -0.3 is 15.1 Å². The molecule has 0 saturated carbocycles. The molecule has 0 spiro atoms. The summed E-state index contributed by atoms with van der Waals surface area (Å²) in [6, 6.07) is 8.66. The summed E-state index contributed by atoms with van der Waals surface area (Å²) in [5.41, 5.74) is 2.40. The van der Waals surface area contributed by atoms with Crippen LogP contribution in [-0.2, 0) is 4.79 Å². The first kappa shape index (κ1) is 15.8. The fourth-order valence-electron chi connectivity index (χ4n) is 2.67. The molecule has 1 aliphatic heterocycles. The Kier molecular flexibility index (Phi) is 5.62. The molecule has 1 unspecified atom stereocenters. The number of benzene rings is 1. The molecule has 1 saturated heterocycles. The average molecular weight is 289 g/mol.